The minimum absolute atomic E-state index is 0.362. The first-order chi connectivity index (χ1) is 19.2. The number of piperidine rings is 1. The fourth-order valence-electron chi connectivity index (χ4n) is 6.72. The van der Waals surface area contributed by atoms with Crippen LogP contribution in [0.25, 0.3) is 11.2 Å². The van der Waals surface area contributed by atoms with Crippen LogP contribution in [-0.2, 0) is 18.3 Å². The second-order valence-corrected chi connectivity index (χ2v) is 25.9. The number of hydrogen-bond donors (Lipinski definition) is 1. The van der Waals surface area contributed by atoms with Gasteiger partial charge in [0.2, 0.25) is 0 Å². The predicted octanol–water partition coefficient (Wildman–Crippen LogP) is 5.24. The number of imidazole rings is 1. The van der Waals surface area contributed by atoms with E-state index in [9.17, 15) is 5.11 Å². The topological polar surface area (TPSA) is 79.5 Å². The zero-order valence-corrected chi connectivity index (χ0v) is 29.2. The van der Waals surface area contributed by atoms with E-state index in [1.54, 1.807) is 0 Å². The van der Waals surface area contributed by atoms with Gasteiger partial charge in [0.25, 0.3) is 0 Å². The van der Waals surface area contributed by atoms with Gasteiger partial charge in [-0.15, -0.1) is 0 Å². The molecule has 2 fully saturated rings. The van der Waals surface area contributed by atoms with E-state index < -0.39 is 24.0 Å². The van der Waals surface area contributed by atoms with E-state index in [0.717, 1.165) is 81.6 Å². The molecule has 9 heteroatoms. The molecule has 0 aromatic carbocycles. The van der Waals surface area contributed by atoms with Gasteiger partial charge in [0.15, 0.2) is 0 Å². The van der Waals surface area contributed by atoms with Gasteiger partial charge < -0.3 is 0 Å². The second kappa shape index (κ2) is 14.5. The molecular formula is C31H56N6O2Sn. The summed E-state index contributed by atoms with van der Waals surface area (Å²) < 4.78 is 13.3. The normalized spacial score (nSPS) is 18.2. The van der Waals surface area contributed by atoms with Crippen LogP contribution in [-0.4, -0.2) is 92.9 Å². The van der Waals surface area contributed by atoms with Gasteiger partial charge in [-0.2, -0.15) is 0 Å². The molecule has 0 aliphatic carbocycles. The molecule has 1 N–H and O–H groups in total. The Hall–Kier alpha value is -0.971. The number of anilines is 1. The number of ether oxygens (including phenoxy) is 1. The third kappa shape index (κ3) is 7.50. The van der Waals surface area contributed by atoms with Crippen molar-refractivity contribution in [2.24, 2.45) is 13.0 Å². The maximum atomic E-state index is 10.5. The van der Waals surface area contributed by atoms with Crippen LogP contribution < -0.4 is 8.74 Å². The molecule has 2 aliphatic rings. The van der Waals surface area contributed by atoms with E-state index >= 15 is 0 Å². The molecule has 0 radical (unpaired) electrons. The molecule has 0 amide bonds. The summed E-state index contributed by atoms with van der Waals surface area (Å²) in [7, 11) is 2.16. The Balaban J connectivity index is 1.74. The number of likely N-dealkylation sites (tertiary alicyclic amines) is 1. The van der Waals surface area contributed by atoms with Gasteiger partial charge in [0.05, 0.1) is 0 Å². The van der Waals surface area contributed by atoms with Gasteiger partial charge in [-0.05, 0) is 0 Å². The number of aryl methyl sites for hydroxylation is 1. The van der Waals surface area contributed by atoms with Crippen LogP contribution in [0.4, 0.5) is 5.82 Å². The third-order valence-electron chi connectivity index (χ3n) is 9.56. The van der Waals surface area contributed by atoms with Gasteiger partial charge in [-0.3, -0.25) is 0 Å². The van der Waals surface area contributed by atoms with Crippen molar-refractivity contribution in [3.63, 3.8) is 0 Å². The average molecular weight is 664 g/mol. The van der Waals surface area contributed by atoms with Gasteiger partial charge in [0.1, 0.15) is 0 Å². The van der Waals surface area contributed by atoms with Crippen LogP contribution >= 0.6 is 0 Å². The molecule has 0 spiro atoms. The van der Waals surface area contributed by atoms with Crippen molar-refractivity contribution < 1.29 is 9.84 Å². The molecule has 4 heterocycles. The Bertz CT molecular complexity index is 1050. The number of hydrogen-bond acceptors (Lipinski definition) is 7. The quantitative estimate of drug-likeness (QED) is 0.277. The number of unbranched alkanes of at least 4 members (excludes halogenated alkanes) is 3. The van der Waals surface area contributed by atoms with Crippen molar-refractivity contribution in [1.82, 2.24) is 24.4 Å². The fraction of sp³-hybridized carbons (Fsp3) is 0.839. The van der Waals surface area contributed by atoms with Crippen molar-refractivity contribution in [3.05, 3.63) is 5.82 Å². The Labute approximate surface area is 247 Å². The summed E-state index contributed by atoms with van der Waals surface area (Å²) >= 11 is -2.86. The standard InChI is InChI=1S/C19H29N6O2.3C4H9.Sn/c1-19(2,26)14-4-6-24(7-5-14)12-15-22-16-17(23(15)3)20-13-21-18(16)25-8-10-27-11-9-25;3*1-3-4-2;/h14,26H,4-12H2,1-3H3;3*1,3-4H2,2H3;. The van der Waals surface area contributed by atoms with Gasteiger partial charge in [-0.1, -0.05) is 0 Å². The van der Waals surface area contributed by atoms with Crippen LogP contribution in [0.2, 0.25) is 13.3 Å². The van der Waals surface area contributed by atoms with Crippen molar-refractivity contribution in [1.29, 1.82) is 0 Å². The van der Waals surface area contributed by atoms with E-state index in [0.29, 0.717) is 5.92 Å². The average Bonchev–Trinajstić information content (AvgIpc) is 3.27. The zero-order chi connectivity index (χ0) is 28.8. The van der Waals surface area contributed by atoms with Gasteiger partial charge in [0, 0.05) is 0 Å². The van der Waals surface area contributed by atoms with E-state index in [2.05, 4.69) is 42.2 Å². The summed E-state index contributed by atoms with van der Waals surface area (Å²) in [5.74, 6) is 2.49. The van der Waals surface area contributed by atoms with E-state index in [-0.39, 0.29) is 0 Å². The van der Waals surface area contributed by atoms with E-state index in [4.69, 9.17) is 19.7 Å². The molecule has 2 aromatic rings. The fourth-order valence-corrected chi connectivity index (χ4v) is 21.6. The van der Waals surface area contributed by atoms with E-state index in [1.165, 1.54) is 55.7 Å². The molecular weight excluding hydrogens is 607 g/mol. The van der Waals surface area contributed by atoms with Gasteiger partial charge >= 0.3 is 248 Å². The summed E-state index contributed by atoms with van der Waals surface area (Å²) in [5, 5.41) is 10.5. The Morgan fingerprint density at radius 1 is 0.875 bits per heavy atom. The molecule has 2 aromatic heterocycles. The molecule has 2 aliphatic heterocycles. The third-order valence-corrected chi connectivity index (χ3v) is 24.1. The number of nitrogens with zero attached hydrogens (tertiary/aromatic N) is 6. The number of aliphatic hydroxyl groups is 1. The predicted molar refractivity (Wildman–Crippen MR) is 168 cm³/mol. The first kappa shape index (κ1) is 32.0. The summed E-state index contributed by atoms with van der Waals surface area (Å²) in [6, 6.07) is 0. The van der Waals surface area contributed by atoms with E-state index in [1.807, 2.05) is 13.8 Å². The van der Waals surface area contributed by atoms with Gasteiger partial charge in [-0.25, -0.2) is 0 Å². The van der Waals surface area contributed by atoms with Crippen molar-refractivity contribution in [3.8, 4) is 0 Å². The summed E-state index contributed by atoms with van der Waals surface area (Å²) in [4.78, 5) is 21.2. The van der Waals surface area contributed by atoms with Crippen molar-refractivity contribution in [2.45, 2.75) is 111 Å². The molecule has 0 saturated carbocycles. The summed E-state index contributed by atoms with van der Waals surface area (Å²) in [6.45, 7) is 16.9. The summed E-state index contributed by atoms with van der Waals surface area (Å²) in [6.07, 6.45) is 9.69. The molecule has 8 nitrogen and oxygen atoms in total. The molecule has 0 unspecified atom stereocenters. The molecule has 4 rings (SSSR count). The SMILES string of the molecule is CCC[CH2][Sn]([CH2]CCC)([CH2]CCC)[c]1nc(N2CCOCC2)c2nc(CN3CCC(C(C)(C)O)CC3)n(C)c2n1. The summed E-state index contributed by atoms with van der Waals surface area (Å²) in [5.41, 5.74) is 1.39. The Kier molecular flexibility index (Phi) is 11.6. The monoisotopic (exact) mass is 664 g/mol. The molecule has 226 valence electrons. The maximum absolute atomic E-state index is 10.5. The molecule has 0 atom stereocenters. The van der Waals surface area contributed by atoms with Crippen molar-refractivity contribution >= 4 is 39.2 Å². The number of fused-ring (bicyclic) bond motifs is 1. The Morgan fingerprint density at radius 2 is 1.45 bits per heavy atom. The molecule has 0 bridgehead atoms. The molecule has 2 saturated heterocycles. The van der Waals surface area contributed by atoms with Crippen LogP contribution in [0.15, 0.2) is 0 Å². The van der Waals surface area contributed by atoms with Crippen LogP contribution in [0, 0.1) is 5.92 Å². The second-order valence-electron chi connectivity index (χ2n) is 13.0. The zero-order valence-electron chi connectivity index (χ0n) is 26.3. The number of morpholine rings is 1. The van der Waals surface area contributed by atoms with Crippen LogP contribution in [0.1, 0.15) is 91.8 Å². The molecule has 40 heavy (non-hydrogen) atoms. The first-order valence-corrected chi connectivity index (χ1v) is 23.7. The number of aromatic nitrogens is 4. The Morgan fingerprint density at radius 3 is 1.98 bits per heavy atom. The van der Waals surface area contributed by atoms with Crippen LogP contribution in [0.3, 0.4) is 0 Å². The minimum atomic E-state index is -2.86. The van der Waals surface area contributed by atoms with Crippen molar-refractivity contribution in [2.75, 3.05) is 44.3 Å². The number of rotatable bonds is 14. The van der Waals surface area contributed by atoms with Crippen LogP contribution in [0.5, 0.6) is 0 Å². The first-order valence-electron chi connectivity index (χ1n) is 16.2.